The number of hydrogen-bond acceptors (Lipinski definition) is 5. The highest BCUT2D eigenvalue weighted by Crippen LogP contribution is 2.38. The van der Waals surface area contributed by atoms with Crippen molar-refractivity contribution in [1.82, 2.24) is 0 Å². The number of aliphatic hydroxyl groups excluding tert-OH is 1. The second-order valence-electron chi connectivity index (χ2n) is 6.94. The molecule has 1 aliphatic rings. The molecule has 3 aromatic carbocycles. The maximum absolute atomic E-state index is 12.4. The highest BCUT2D eigenvalue weighted by Gasteiger charge is 2.31. The molecule has 0 aromatic heterocycles. The molecule has 0 atom stereocenters. The van der Waals surface area contributed by atoms with Gasteiger partial charge in [-0.3, -0.25) is 0 Å². The fraction of sp³-hybridized carbons (Fsp3) is 0.0800. The summed E-state index contributed by atoms with van der Waals surface area (Å²) in [7, 11) is 3.18. The third-order valence-electron chi connectivity index (χ3n) is 4.95. The second kappa shape index (κ2) is 8.99. The average molecular weight is 469 g/mol. The molecule has 0 unspecified atom stereocenters. The fourth-order valence-corrected chi connectivity index (χ4v) is 4.03. The van der Waals surface area contributed by atoms with Gasteiger partial charge in [-0.1, -0.05) is 47.5 Å². The van der Waals surface area contributed by atoms with Crippen LogP contribution in [0.1, 0.15) is 11.1 Å². The lowest BCUT2D eigenvalue weighted by Crippen LogP contribution is -1.98. The summed E-state index contributed by atoms with van der Waals surface area (Å²) < 4.78 is 16.3. The molecule has 0 saturated heterocycles. The van der Waals surface area contributed by atoms with E-state index in [1.165, 1.54) is 18.2 Å². The Labute approximate surface area is 195 Å². The number of hydrogen-bond donors (Lipinski definition) is 1. The molecular formula is C25H18Cl2O5. The Hall–Kier alpha value is -3.41. The molecule has 0 bridgehead atoms. The highest BCUT2D eigenvalue weighted by molar-refractivity contribution is 6.35. The van der Waals surface area contributed by atoms with Crippen LogP contribution in [0.4, 0.5) is 0 Å². The topological polar surface area (TPSA) is 65.0 Å². The Morgan fingerprint density at radius 2 is 1.53 bits per heavy atom. The van der Waals surface area contributed by atoms with Gasteiger partial charge in [-0.05, 0) is 53.6 Å². The van der Waals surface area contributed by atoms with E-state index in [9.17, 15) is 9.90 Å². The first-order chi connectivity index (χ1) is 15.4. The van der Waals surface area contributed by atoms with E-state index in [4.69, 9.17) is 37.4 Å². The Morgan fingerprint density at radius 1 is 0.875 bits per heavy atom. The van der Waals surface area contributed by atoms with E-state index in [0.717, 1.165) is 11.1 Å². The Morgan fingerprint density at radius 3 is 2.22 bits per heavy atom. The van der Waals surface area contributed by atoms with Crippen LogP contribution in [0.25, 0.3) is 22.8 Å². The van der Waals surface area contributed by atoms with Crippen molar-refractivity contribution in [2.24, 2.45) is 0 Å². The van der Waals surface area contributed by atoms with Gasteiger partial charge in [0.2, 0.25) is 0 Å². The number of halogens is 2. The molecule has 4 rings (SSSR count). The highest BCUT2D eigenvalue weighted by atomic mass is 35.5. The van der Waals surface area contributed by atoms with Gasteiger partial charge in [0.25, 0.3) is 0 Å². The van der Waals surface area contributed by atoms with Gasteiger partial charge in [-0.2, -0.15) is 0 Å². The zero-order valence-corrected chi connectivity index (χ0v) is 18.7. The van der Waals surface area contributed by atoms with Crippen molar-refractivity contribution in [3.8, 4) is 22.6 Å². The smallest absolute Gasteiger partial charge is 0.348 e. The number of benzene rings is 3. The number of ether oxygens (including phenoxy) is 3. The van der Waals surface area contributed by atoms with Crippen LogP contribution in [0.5, 0.6) is 11.5 Å². The van der Waals surface area contributed by atoms with Crippen molar-refractivity contribution >= 4 is 40.8 Å². The van der Waals surface area contributed by atoms with Crippen LogP contribution < -0.4 is 9.47 Å². The van der Waals surface area contributed by atoms with Gasteiger partial charge in [-0.25, -0.2) is 4.79 Å². The Balaban J connectivity index is 1.74. The molecule has 7 heteroatoms. The molecule has 1 N–H and O–H groups in total. The number of aliphatic hydroxyl groups is 1. The number of cyclic esters (lactones) is 1. The molecule has 0 radical (unpaired) electrons. The minimum absolute atomic E-state index is 0.00161. The number of rotatable bonds is 5. The monoisotopic (exact) mass is 468 g/mol. The van der Waals surface area contributed by atoms with E-state index in [0.29, 0.717) is 32.7 Å². The van der Waals surface area contributed by atoms with Crippen LogP contribution in [-0.4, -0.2) is 25.3 Å². The number of esters is 1. The third-order valence-corrected chi connectivity index (χ3v) is 5.39. The van der Waals surface area contributed by atoms with Crippen molar-refractivity contribution < 1.29 is 24.1 Å². The average Bonchev–Trinajstić information content (AvgIpc) is 3.05. The lowest BCUT2D eigenvalue weighted by Gasteiger charge is -2.13. The summed E-state index contributed by atoms with van der Waals surface area (Å²) in [4.78, 5) is 12.4. The van der Waals surface area contributed by atoms with Gasteiger partial charge in [0.1, 0.15) is 17.1 Å². The van der Waals surface area contributed by atoms with Crippen molar-refractivity contribution in [2.45, 2.75) is 0 Å². The molecule has 1 aliphatic heterocycles. The van der Waals surface area contributed by atoms with E-state index >= 15 is 0 Å². The lowest BCUT2D eigenvalue weighted by molar-refractivity contribution is -0.131. The van der Waals surface area contributed by atoms with Gasteiger partial charge in [0.05, 0.1) is 14.2 Å². The largest absolute Gasteiger partial charge is 0.504 e. The molecule has 162 valence electrons. The number of para-hydroxylation sites is 1. The molecule has 0 amide bonds. The van der Waals surface area contributed by atoms with Crippen LogP contribution >= 0.6 is 23.2 Å². The van der Waals surface area contributed by atoms with E-state index < -0.39 is 5.97 Å². The molecule has 0 fully saturated rings. The summed E-state index contributed by atoms with van der Waals surface area (Å²) in [6.45, 7) is 0. The molecular weight excluding hydrogens is 451 g/mol. The number of carbonyl (C=O) groups excluding carboxylic acids is 1. The predicted octanol–water partition coefficient (Wildman–Crippen LogP) is 6.54. The molecule has 1 heterocycles. The minimum atomic E-state index is -0.690. The minimum Gasteiger partial charge on any atom is -0.504 e. The summed E-state index contributed by atoms with van der Waals surface area (Å²) in [6.07, 6.45) is 1.56. The zero-order valence-electron chi connectivity index (χ0n) is 17.2. The van der Waals surface area contributed by atoms with Crippen molar-refractivity contribution in [3.63, 3.8) is 0 Å². The third kappa shape index (κ3) is 4.17. The van der Waals surface area contributed by atoms with Gasteiger partial charge >= 0.3 is 5.97 Å². The van der Waals surface area contributed by atoms with E-state index in [1.54, 1.807) is 26.4 Å². The van der Waals surface area contributed by atoms with Gasteiger partial charge in [0, 0.05) is 21.2 Å². The number of carbonyl (C=O) groups is 1. The summed E-state index contributed by atoms with van der Waals surface area (Å²) in [5.41, 5.74) is 2.75. The number of methoxy groups -OCH3 is 2. The summed E-state index contributed by atoms with van der Waals surface area (Å²) in [6, 6.07) is 17.7. The molecule has 0 spiro atoms. The molecule has 0 saturated carbocycles. The van der Waals surface area contributed by atoms with Crippen LogP contribution in [-0.2, 0) is 9.53 Å². The second-order valence-corrected chi connectivity index (χ2v) is 7.81. The van der Waals surface area contributed by atoms with Crippen molar-refractivity contribution in [3.05, 3.63) is 93.4 Å². The van der Waals surface area contributed by atoms with Gasteiger partial charge < -0.3 is 19.3 Å². The summed E-state index contributed by atoms with van der Waals surface area (Å²) in [5.74, 6) is 0.351. The summed E-state index contributed by atoms with van der Waals surface area (Å²) in [5, 5.41) is 11.4. The van der Waals surface area contributed by atoms with Crippen LogP contribution in [0.2, 0.25) is 10.0 Å². The Kier molecular flexibility index (Phi) is 6.12. The molecule has 3 aromatic rings. The predicted molar refractivity (Wildman–Crippen MR) is 125 cm³/mol. The van der Waals surface area contributed by atoms with Crippen molar-refractivity contribution in [1.29, 1.82) is 0 Å². The van der Waals surface area contributed by atoms with E-state index in [2.05, 4.69) is 0 Å². The SMILES string of the molecule is COc1ccccc1-c1ccc(/C=C2\OC(=O)C(c3cc(Cl)cc(Cl)c3)=C2O)cc1OC. The Bertz CT molecular complexity index is 1260. The maximum atomic E-state index is 12.4. The molecule has 5 nitrogen and oxygen atoms in total. The van der Waals surface area contributed by atoms with E-state index in [-0.39, 0.29) is 17.1 Å². The normalized spacial score (nSPS) is 14.6. The fourth-order valence-electron chi connectivity index (χ4n) is 3.51. The standard InChI is InChI=1S/C25H18Cl2O5/c1-30-20-6-4-3-5-18(20)19-8-7-14(9-21(19)31-2)10-22-24(28)23(25(29)32-22)15-11-16(26)13-17(27)12-15/h3-13,28H,1-2H3/b22-10-. The molecule has 32 heavy (non-hydrogen) atoms. The first-order valence-corrected chi connectivity index (χ1v) is 10.3. The van der Waals surface area contributed by atoms with Crippen LogP contribution in [0, 0.1) is 0 Å². The van der Waals surface area contributed by atoms with Gasteiger partial charge in [-0.15, -0.1) is 0 Å². The van der Waals surface area contributed by atoms with Crippen molar-refractivity contribution in [2.75, 3.05) is 14.2 Å². The van der Waals surface area contributed by atoms with Gasteiger partial charge in [0.15, 0.2) is 11.5 Å². The molecule has 0 aliphatic carbocycles. The first kappa shape index (κ1) is 21.8. The quantitative estimate of drug-likeness (QED) is 0.430. The maximum Gasteiger partial charge on any atom is 0.348 e. The van der Waals surface area contributed by atoms with Crippen LogP contribution in [0.15, 0.2) is 72.2 Å². The van der Waals surface area contributed by atoms with E-state index in [1.807, 2.05) is 36.4 Å². The van der Waals surface area contributed by atoms with Crippen LogP contribution in [0.3, 0.4) is 0 Å². The zero-order chi connectivity index (χ0) is 22.8. The lowest BCUT2D eigenvalue weighted by atomic mass is 10.0. The first-order valence-electron chi connectivity index (χ1n) is 9.56. The summed E-state index contributed by atoms with van der Waals surface area (Å²) >= 11 is 12.1.